The molecule has 1 aromatic carbocycles. The predicted octanol–water partition coefficient (Wildman–Crippen LogP) is 1.61. The van der Waals surface area contributed by atoms with Crippen molar-refractivity contribution in [3.8, 4) is 17.5 Å². The van der Waals surface area contributed by atoms with Gasteiger partial charge in [0, 0.05) is 25.2 Å². The number of nitrogens with one attached hydrogen (secondary N) is 2. The number of nitriles is 1. The first-order chi connectivity index (χ1) is 10.8. The number of likely N-dealkylation sites (tertiary alicyclic amines) is 1. The Morgan fingerprint density at radius 1 is 1.45 bits per heavy atom. The summed E-state index contributed by atoms with van der Waals surface area (Å²) in [5.74, 6) is 0.171. The topological polar surface area (TPSA) is 84.8 Å². The van der Waals surface area contributed by atoms with Crippen LogP contribution >= 0.6 is 0 Å². The Balaban J connectivity index is 1.57. The lowest BCUT2D eigenvalue weighted by Crippen LogP contribution is -2.30. The minimum absolute atomic E-state index is 0.162. The molecule has 1 unspecified atom stereocenters. The molecule has 0 bridgehead atoms. The highest BCUT2D eigenvalue weighted by molar-refractivity contribution is 5.93. The molecule has 2 aromatic rings. The quantitative estimate of drug-likeness (QED) is 0.839. The summed E-state index contributed by atoms with van der Waals surface area (Å²) in [4.78, 5) is 13.9. The zero-order valence-corrected chi connectivity index (χ0v) is 12.1. The molecule has 0 aliphatic carbocycles. The van der Waals surface area contributed by atoms with Crippen LogP contribution in [0, 0.1) is 17.4 Å². The van der Waals surface area contributed by atoms with Gasteiger partial charge in [0.1, 0.15) is 5.69 Å². The van der Waals surface area contributed by atoms with E-state index in [1.807, 2.05) is 30.3 Å². The normalized spacial score (nSPS) is 17.2. The minimum atomic E-state index is -0.162. The Morgan fingerprint density at radius 2 is 2.27 bits per heavy atom. The van der Waals surface area contributed by atoms with Gasteiger partial charge in [-0.2, -0.15) is 10.4 Å². The Labute approximate surface area is 128 Å². The van der Waals surface area contributed by atoms with Gasteiger partial charge in [-0.25, -0.2) is 0 Å². The van der Waals surface area contributed by atoms with Crippen LogP contribution in [0.5, 0.6) is 0 Å². The molecule has 1 atom stereocenters. The van der Waals surface area contributed by atoms with Crippen molar-refractivity contribution in [2.24, 2.45) is 5.92 Å². The van der Waals surface area contributed by atoms with Gasteiger partial charge in [0.15, 0.2) is 6.19 Å². The summed E-state index contributed by atoms with van der Waals surface area (Å²) >= 11 is 0. The first-order valence-corrected chi connectivity index (χ1v) is 7.30. The molecule has 1 saturated heterocycles. The third kappa shape index (κ3) is 3.09. The molecule has 6 nitrogen and oxygen atoms in total. The number of carbonyl (C=O) groups excluding carboxylic acids is 1. The molecule has 112 valence electrons. The second kappa shape index (κ2) is 6.31. The van der Waals surface area contributed by atoms with Crippen molar-refractivity contribution in [2.75, 3.05) is 19.6 Å². The van der Waals surface area contributed by atoms with Crippen molar-refractivity contribution in [3.63, 3.8) is 0 Å². The average Bonchev–Trinajstić information content (AvgIpc) is 3.22. The van der Waals surface area contributed by atoms with E-state index < -0.39 is 0 Å². The molecule has 1 aromatic heterocycles. The molecule has 1 aliphatic rings. The molecule has 0 radical (unpaired) electrons. The number of hydrogen-bond acceptors (Lipinski definition) is 4. The number of hydrogen-bond donors (Lipinski definition) is 2. The fraction of sp³-hybridized carbons (Fsp3) is 0.312. The zero-order valence-electron chi connectivity index (χ0n) is 12.1. The fourth-order valence-corrected chi connectivity index (χ4v) is 2.62. The van der Waals surface area contributed by atoms with Gasteiger partial charge in [-0.1, -0.05) is 30.3 Å². The van der Waals surface area contributed by atoms with Gasteiger partial charge in [0.25, 0.3) is 5.91 Å². The zero-order chi connectivity index (χ0) is 15.4. The lowest BCUT2D eigenvalue weighted by atomic mass is 10.1. The molecule has 1 aliphatic heterocycles. The Hall–Kier alpha value is -2.81. The summed E-state index contributed by atoms with van der Waals surface area (Å²) in [5.41, 5.74) is 2.18. The van der Waals surface area contributed by atoms with Gasteiger partial charge in [-0.05, 0) is 18.4 Å². The number of H-pyrrole nitrogens is 1. The average molecular weight is 295 g/mol. The van der Waals surface area contributed by atoms with E-state index in [4.69, 9.17) is 5.26 Å². The Kier molecular flexibility index (Phi) is 4.05. The van der Waals surface area contributed by atoms with E-state index in [1.165, 1.54) is 0 Å². The summed E-state index contributed by atoms with van der Waals surface area (Å²) in [6.07, 6.45) is 3.08. The van der Waals surface area contributed by atoms with Crippen LogP contribution in [-0.2, 0) is 0 Å². The SMILES string of the molecule is N#CN1CCC(CNC(=O)c2cc(-c3ccccc3)n[nH]2)C1. The Bertz CT molecular complexity index is 688. The van der Waals surface area contributed by atoms with Crippen LogP contribution in [0.25, 0.3) is 11.3 Å². The molecular weight excluding hydrogens is 278 g/mol. The van der Waals surface area contributed by atoms with Crippen LogP contribution in [-0.4, -0.2) is 40.6 Å². The third-order valence-electron chi connectivity index (χ3n) is 3.87. The number of aromatic nitrogens is 2. The predicted molar refractivity (Wildman–Crippen MR) is 81.6 cm³/mol. The maximum absolute atomic E-state index is 12.1. The fourth-order valence-electron chi connectivity index (χ4n) is 2.62. The number of aromatic amines is 1. The van der Waals surface area contributed by atoms with Crippen molar-refractivity contribution in [1.29, 1.82) is 5.26 Å². The molecular formula is C16H17N5O. The second-order valence-corrected chi connectivity index (χ2v) is 5.44. The highest BCUT2D eigenvalue weighted by atomic mass is 16.1. The van der Waals surface area contributed by atoms with Crippen LogP contribution in [0.15, 0.2) is 36.4 Å². The number of benzene rings is 1. The Morgan fingerprint density at radius 3 is 3.00 bits per heavy atom. The molecule has 6 heteroatoms. The van der Waals surface area contributed by atoms with Crippen molar-refractivity contribution >= 4 is 5.91 Å². The van der Waals surface area contributed by atoms with Gasteiger partial charge >= 0.3 is 0 Å². The van der Waals surface area contributed by atoms with Crippen LogP contribution in [0.3, 0.4) is 0 Å². The number of nitrogens with zero attached hydrogens (tertiary/aromatic N) is 3. The summed E-state index contributed by atoms with van der Waals surface area (Å²) in [5, 5.41) is 18.7. The first-order valence-electron chi connectivity index (χ1n) is 7.30. The second-order valence-electron chi connectivity index (χ2n) is 5.44. The molecule has 2 N–H and O–H groups in total. The van der Waals surface area contributed by atoms with Gasteiger partial charge in [0.2, 0.25) is 0 Å². The molecule has 2 heterocycles. The lowest BCUT2D eigenvalue weighted by molar-refractivity contribution is 0.0942. The van der Waals surface area contributed by atoms with E-state index in [9.17, 15) is 4.79 Å². The third-order valence-corrected chi connectivity index (χ3v) is 3.87. The number of rotatable bonds is 4. The number of amides is 1. The lowest BCUT2D eigenvalue weighted by Gasteiger charge is -2.10. The maximum atomic E-state index is 12.1. The minimum Gasteiger partial charge on any atom is -0.350 e. The van der Waals surface area contributed by atoms with Crippen LogP contribution in [0.4, 0.5) is 0 Å². The van der Waals surface area contributed by atoms with Crippen molar-refractivity contribution < 1.29 is 4.79 Å². The highest BCUT2D eigenvalue weighted by Gasteiger charge is 2.22. The monoisotopic (exact) mass is 295 g/mol. The van der Waals surface area contributed by atoms with Crippen molar-refractivity contribution in [3.05, 3.63) is 42.1 Å². The maximum Gasteiger partial charge on any atom is 0.269 e. The van der Waals surface area contributed by atoms with E-state index in [0.29, 0.717) is 18.2 Å². The van der Waals surface area contributed by atoms with Gasteiger partial charge in [0.05, 0.1) is 5.69 Å². The van der Waals surface area contributed by atoms with E-state index >= 15 is 0 Å². The molecule has 22 heavy (non-hydrogen) atoms. The van der Waals surface area contributed by atoms with Gasteiger partial charge < -0.3 is 10.2 Å². The smallest absolute Gasteiger partial charge is 0.269 e. The number of carbonyl (C=O) groups is 1. The van der Waals surface area contributed by atoms with Crippen LogP contribution < -0.4 is 5.32 Å². The summed E-state index contributed by atoms with van der Waals surface area (Å²) in [6, 6.07) is 11.5. The summed E-state index contributed by atoms with van der Waals surface area (Å²) in [7, 11) is 0. The highest BCUT2D eigenvalue weighted by Crippen LogP contribution is 2.17. The molecule has 0 spiro atoms. The standard InChI is InChI=1S/C16H17N5O/c17-11-21-7-6-12(10-21)9-18-16(22)15-8-14(19-20-15)13-4-2-1-3-5-13/h1-5,8,12H,6-7,9-10H2,(H,18,22)(H,19,20). The molecule has 1 amide bonds. The van der Waals surface area contributed by atoms with E-state index in [0.717, 1.165) is 30.8 Å². The van der Waals surface area contributed by atoms with Crippen LogP contribution in [0.2, 0.25) is 0 Å². The van der Waals surface area contributed by atoms with Crippen molar-refractivity contribution in [1.82, 2.24) is 20.4 Å². The van der Waals surface area contributed by atoms with E-state index in [-0.39, 0.29) is 5.91 Å². The first kappa shape index (κ1) is 14.1. The van der Waals surface area contributed by atoms with E-state index in [1.54, 1.807) is 11.0 Å². The van der Waals surface area contributed by atoms with E-state index in [2.05, 4.69) is 21.7 Å². The van der Waals surface area contributed by atoms with Gasteiger partial charge in [-0.3, -0.25) is 9.89 Å². The molecule has 3 rings (SSSR count). The summed E-state index contributed by atoms with van der Waals surface area (Å²) < 4.78 is 0. The summed E-state index contributed by atoms with van der Waals surface area (Å²) in [6.45, 7) is 2.07. The van der Waals surface area contributed by atoms with Crippen LogP contribution in [0.1, 0.15) is 16.9 Å². The van der Waals surface area contributed by atoms with Crippen molar-refractivity contribution in [2.45, 2.75) is 6.42 Å². The van der Waals surface area contributed by atoms with Gasteiger partial charge in [-0.15, -0.1) is 0 Å². The molecule has 0 saturated carbocycles. The molecule has 1 fully saturated rings. The largest absolute Gasteiger partial charge is 0.350 e.